The van der Waals surface area contributed by atoms with Gasteiger partial charge < -0.3 is 0 Å². The minimum atomic E-state index is -0.0464. The molecule has 0 radical (unpaired) electrons. The fourth-order valence-corrected chi connectivity index (χ4v) is 5.18. The topological polar surface area (TPSA) is 25.8 Å². The smallest absolute Gasteiger partial charge is 0.0538 e. The van der Waals surface area contributed by atoms with Gasteiger partial charge in [-0.2, -0.15) is 0 Å². The van der Waals surface area contributed by atoms with E-state index >= 15 is 0 Å². The van der Waals surface area contributed by atoms with Crippen LogP contribution in [-0.4, -0.2) is 9.97 Å². The van der Waals surface area contributed by atoms with Crippen LogP contribution in [-0.2, 0) is 5.41 Å². The Labute approximate surface area is 145 Å². The molecule has 2 nitrogen and oxygen atoms in total. The lowest BCUT2D eigenvalue weighted by molar-refractivity contribution is 0.480. The fourth-order valence-electron chi connectivity index (χ4n) is 5.18. The van der Waals surface area contributed by atoms with Crippen LogP contribution in [0.3, 0.4) is 0 Å². The number of aromatic nitrogens is 2. The first-order valence-electron chi connectivity index (χ1n) is 9.01. The van der Waals surface area contributed by atoms with Crippen molar-refractivity contribution >= 4 is 0 Å². The summed E-state index contributed by atoms with van der Waals surface area (Å²) in [6, 6.07) is 8.79. The molecule has 124 valence electrons. The largest absolute Gasteiger partial charge is 0.260 e. The van der Waals surface area contributed by atoms with E-state index in [9.17, 15) is 0 Å². The van der Waals surface area contributed by atoms with Gasteiger partial charge in [0.05, 0.1) is 11.4 Å². The summed E-state index contributed by atoms with van der Waals surface area (Å²) >= 11 is 0. The minimum absolute atomic E-state index is 0.0464. The van der Waals surface area contributed by atoms with Gasteiger partial charge in [0.25, 0.3) is 0 Å². The first-order valence-corrected chi connectivity index (χ1v) is 9.01. The van der Waals surface area contributed by atoms with E-state index in [2.05, 4.69) is 65.8 Å². The third-order valence-electron chi connectivity index (χ3n) is 6.22. The van der Waals surface area contributed by atoms with Gasteiger partial charge in [-0.15, -0.1) is 0 Å². The molecule has 0 saturated heterocycles. The molecule has 0 amide bonds. The molecule has 0 spiro atoms. The molecule has 2 heterocycles. The van der Waals surface area contributed by atoms with Crippen molar-refractivity contribution in [2.75, 3.05) is 0 Å². The van der Waals surface area contributed by atoms with Crippen molar-refractivity contribution in [2.45, 2.75) is 64.7 Å². The lowest BCUT2D eigenvalue weighted by atomic mass is 9.58. The number of aryl methyl sites for hydroxylation is 1. The summed E-state index contributed by atoms with van der Waals surface area (Å²) in [5.74, 6) is 1.18. The molecule has 24 heavy (non-hydrogen) atoms. The second-order valence-corrected chi connectivity index (χ2v) is 8.03. The van der Waals surface area contributed by atoms with E-state index in [1.165, 1.54) is 22.5 Å². The monoisotopic (exact) mass is 318 g/mol. The predicted molar refractivity (Wildman–Crippen MR) is 98.5 cm³/mol. The zero-order valence-electron chi connectivity index (χ0n) is 15.5. The average Bonchev–Trinajstić information content (AvgIpc) is 2.56. The number of rotatable bonds is 0. The molecule has 0 saturated carbocycles. The van der Waals surface area contributed by atoms with Gasteiger partial charge in [-0.25, -0.2) is 0 Å². The van der Waals surface area contributed by atoms with E-state index in [-0.39, 0.29) is 5.41 Å². The maximum Gasteiger partial charge on any atom is 0.0538 e. The Kier molecular flexibility index (Phi) is 3.25. The van der Waals surface area contributed by atoms with E-state index in [4.69, 9.17) is 9.97 Å². The van der Waals surface area contributed by atoms with Gasteiger partial charge in [0.1, 0.15) is 0 Å². The van der Waals surface area contributed by atoms with E-state index in [1.807, 2.05) is 6.20 Å². The van der Waals surface area contributed by atoms with E-state index < -0.39 is 0 Å². The maximum absolute atomic E-state index is 4.93. The highest BCUT2D eigenvalue weighted by molar-refractivity contribution is 5.58. The molecule has 3 atom stereocenters. The van der Waals surface area contributed by atoms with Crippen molar-refractivity contribution in [3.8, 4) is 0 Å². The van der Waals surface area contributed by atoms with Crippen LogP contribution in [0.5, 0.6) is 0 Å². The highest BCUT2D eigenvalue weighted by atomic mass is 14.8. The normalized spacial score (nSPS) is 27.3. The van der Waals surface area contributed by atoms with Crippen molar-refractivity contribution in [2.24, 2.45) is 0 Å². The second kappa shape index (κ2) is 5.02. The Morgan fingerprint density at radius 1 is 0.917 bits per heavy atom. The molecular formula is C22H26N2. The first kappa shape index (κ1) is 15.6. The zero-order valence-corrected chi connectivity index (χ0v) is 15.5. The summed E-state index contributed by atoms with van der Waals surface area (Å²) in [7, 11) is 0. The average molecular weight is 318 g/mol. The first-order chi connectivity index (χ1) is 11.3. The summed E-state index contributed by atoms with van der Waals surface area (Å²) in [5.41, 5.74) is 9.50. The Balaban J connectivity index is 2.01. The number of hydrogen-bond acceptors (Lipinski definition) is 2. The molecule has 2 heteroatoms. The number of pyridine rings is 2. The summed E-state index contributed by atoms with van der Waals surface area (Å²) in [5, 5.41) is 0. The van der Waals surface area contributed by atoms with Gasteiger partial charge in [0.2, 0.25) is 0 Å². The van der Waals surface area contributed by atoms with Crippen molar-refractivity contribution in [1.82, 2.24) is 9.97 Å². The highest BCUT2D eigenvalue weighted by Gasteiger charge is 2.46. The van der Waals surface area contributed by atoms with E-state index in [0.29, 0.717) is 17.8 Å². The van der Waals surface area contributed by atoms with Gasteiger partial charge in [-0.05, 0) is 35.8 Å². The van der Waals surface area contributed by atoms with Gasteiger partial charge in [0.15, 0.2) is 0 Å². The molecule has 2 aliphatic rings. The van der Waals surface area contributed by atoms with Crippen LogP contribution in [0.15, 0.2) is 41.6 Å². The van der Waals surface area contributed by atoms with Crippen LogP contribution < -0.4 is 0 Å². The maximum atomic E-state index is 4.93. The number of allylic oxidation sites excluding steroid dienone is 2. The molecule has 0 N–H and O–H groups in total. The lowest BCUT2D eigenvalue weighted by Gasteiger charge is -2.46. The van der Waals surface area contributed by atoms with Gasteiger partial charge in [-0.1, -0.05) is 52.3 Å². The fraction of sp³-hybridized carbons (Fsp3) is 0.455. The van der Waals surface area contributed by atoms with Crippen LogP contribution in [0.4, 0.5) is 0 Å². The molecule has 3 unspecified atom stereocenters. The van der Waals surface area contributed by atoms with Crippen molar-refractivity contribution in [3.05, 3.63) is 69.8 Å². The quantitative estimate of drug-likeness (QED) is 0.608. The highest BCUT2D eigenvalue weighted by Crippen LogP contribution is 2.56. The molecule has 0 aromatic carbocycles. The summed E-state index contributed by atoms with van der Waals surface area (Å²) in [6.07, 6.45) is 1.94. The Morgan fingerprint density at radius 3 is 2.38 bits per heavy atom. The van der Waals surface area contributed by atoms with E-state index in [1.54, 1.807) is 11.1 Å². The third kappa shape index (κ3) is 1.89. The van der Waals surface area contributed by atoms with Crippen LogP contribution in [0, 0.1) is 6.92 Å². The molecule has 0 bridgehead atoms. The van der Waals surface area contributed by atoms with Crippen LogP contribution in [0.25, 0.3) is 0 Å². The number of fused-ring (bicyclic) bond motifs is 2. The predicted octanol–water partition coefficient (Wildman–Crippen LogP) is 5.40. The third-order valence-corrected chi connectivity index (χ3v) is 6.22. The molecular weight excluding hydrogens is 292 g/mol. The molecule has 0 fully saturated rings. The van der Waals surface area contributed by atoms with Crippen LogP contribution in [0.2, 0.25) is 0 Å². The second-order valence-electron chi connectivity index (χ2n) is 8.03. The van der Waals surface area contributed by atoms with Gasteiger partial charge in [0, 0.05) is 35.1 Å². The number of nitrogens with zero attached hydrogens (tertiary/aromatic N) is 2. The minimum Gasteiger partial charge on any atom is -0.260 e. The van der Waals surface area contributed by atoms with Crippen molar-refractivity contribution in [1.29, 1.82) is 0 Å². The molecule has 2 aliphatic carbocycles. The lowest BCUT2D eigenvalue weighted by Crippen LogP contribution is -2.37. The number of hydrogen-bond donors (Lipinski definition) is 0. The summed E-state index contributed by atoms with van der Waals surface area (Å²) in [4.78, 5) is 9.72. The standard InChI is InChI=1S/C22H26N2/c1-12-9-10-16-13(2)18-14(3)17-8-7-11-23-21(17)22(5,6)19(18)15(4)20(16)24-12/h7-11,13-15H,1-6H3. The van der Waals surface area contributed by atoms with Gasteiger partial charge in [-0.3, -0.25) is 9.97 Å². The van der Waals surface area contributed by atoms with E-state index in [0.717, 1.165) is 5.69 Å². The Bertz CT molecular complexity index is 860. The molecule has 2 aromatic heterocycles. The van der Waals surface area contributed by atoms with Crippen LogP contribution in [0.1, 0.15) is 80.6 Å². The SMILES string of the molecule is Cc1ccc2c(n1)C(C)C1=C(C2C)C(C)c2cccnc2C1(C)C. The van der Waals surface area contributed by atoms with Crippen molar-refractivity contribution in [3.63, 3.8) is 0 Å². The zero-order chi connectivity index (χ0) is 17.2. The van der Waals surface area contributed by atoms with Crippen LogP contribution >= 0.6 is 0 Å². The summed E-state index contributed by atoms with van der Waals surface area (Å²) in [6.45, 7) is 13.8. The Hall–Kier alpha value is -1.96. The van der Waals surface area contributed by atoms with Crippen molar-refractivity contribution < 1.29 is 0 Å². The molecule has 4 rings (SSSR count). The molecule has 0 aliphatic heterocycles. The summed E-state index contributed by atoms with van der Waals surface area (Å²) < 4.78 is 0. The molecule has 2 aromatic rings. The Morgan fingerprint density at radius 2 is 1.62 bits per heavy atom. The van der Waals surface area contributed by atoms with Gasteiger partial charge >= 0.3 is 0 Å².